The van der Waals surface area contributed by atoms with Crippen molar-refractivity contribution in [2.75, 3.05) is 27.3 Å². The zero-order valence-corrected chi connectivity index (χ0v) is 54.6. The molecule has 4 aromatic carbocycles. The third-order valence-electron chi connectivity index (χ3n) is 18.8. The van der Waals surface area contributed by atoms with Crippen LogP contribution < -0.4 is 21.7 Å². The van der Waals surface area contributed by atoms with Crippen molar-refractivity contribution in [3.8, 4) is 23.0 Å². The normalized spacial score (nSPS) is 26.7. The van der Waals surface area contributed by atoms with Gasteiger partial charge in [0.15, 0.2) is 47.3 Å². The number of aliphatic hydroxyl groups is 6. The van der Waals surface area contributed by atoms with Crippen LogP contribution >= 0.6 is 0 Å². The Balaban J connectivity index is 0.000000218. The highest BCUT2D eigenvalue weighted by Gasteiger charge is 2.53. The number of ketones is 8. The number of Topliss-reactive ketones (excluding diaryl/α,β-unsaturated/α-hetero) is 4. The molecule has 29 nitrogen and oxygen atoms in total. The van der Waals surface area contributed by atoms with E-state index in [1.807, 2.05) is 0 Å². The van der Waals surface area contributed by atoms with Gasteiger partial charge >= 0.3 is 5.97 Å². The Morgan fingerprint density at radius 3 is 1.37 bits per heavy atom. The number of aryl methyl sites for hydroxylation is 2. The number of carbonyl (C=O) groups excluding carboxylic acids is 9. The first kappa shape index (κ1) is 74.6. The van der Waals surface area contributed by atoms with Gasteiger partial charge in [0.2, 0.25) is 5.91 Å². The van der Waals surface area contributed by atoms with Crippen LogP contribution in [-0.4, -0.2) is 214 Å². The Labute approximate surface area is 555 Å². The number of hydrogen-bond acceptors (Lipinski definition) is 27. The van der Waals surface area contributed by atoms with Gasteiger partial charge in [0.1, 0.15) is 71.1 Å². The van der Waals surface area contributed by atoms with E-state index in [2.05, 4.69) is 16.0 Å². The van der Waals surface area contributed by atoms with Crippen LogP contribution in [0, 0.1) is 13.8 Å². The molecule has 4 aliphatic carbocycles. The van der Waals surface area contributed by atoms with Gasteiger partial charge in [0, 0.05) is 102 Å². The van der Waals surface area contributed by atoms with E-state index < -0.39 is 215 Å². The van der Waals surface area contributed by atoms with Gasteiger partial charge in [-0.2, -0.15) is 0 Å². The monoisotopic (exact) mass is 1350 g/mol. The van der Waals surface area contributed by atoms with Crippen molar-refractivity contribution < 1.29 is 123 Å². The average molecular weight is 1360 g/mol. The molecule has 97 heavy (non-hydrogen) atoms. The molecule has 2 fully saturated rings. The molecular formula is C68H82N4O25. The van der Waals surface area contributed by atoms with Gasteiger partial charge in [-0.3, -0.25) is 38.4 Å². The van der Waals surface area contributed by atoms with Gasteiger partial charge in [-0.25, -0.2) is 0 Å². The second-order valence-corrected chi connectivity index (χ2v) is 25.5. The smallest absolute Gasteiger partial charge is 0.320 e. The van der Waals surface area contributed by atoms with E-state index in [0.717, 1.165) is 0 Å². The predicted molar refractivity (Wildman–Crippen MR) is 337 cm³/mol. The molecule has 0 radical (unpaired) electrons. The quantitative estimate of drug-likeness (QED) is 0.0497. The SMILES string of the molecule is CNC(CCC(C)=O)C(=O)NC1CC(O[C@H]2C[C@](O)(C(=O)CO)Cc3c(O)c4c(c(O)c32)C(=O)c2c(C)cccc2C4=O)OC(C)C1O.CNC(CCC(C)=O)C(=O)O.Cc1cccc2c1C(=O)c1c(O)c3c(c(O)c1C2=O)C[C@@](O)(C(=O)CO)C[C@@H]3OC1CC(N)C(O)C(C)O1. The van der Waals surface area contributed by atoms with E-state index in [1.165, 1.54) is 32.9 Å². The van der Waals surface area contributed by atoms with E-state index in [0.29, 0.717) is 24.0 Å². The Kier molecular flexibility index (Phi) is 23.0. The second kappa shape index (κ2) is 29.9. The highest BCUT2D eigenvalue weighted by Crippen LogP contribution is 2.54. The molecule has 0 spiro atoms. The summed E-state index contributed by atoms with van der Waals surface area (Å²) in [5.74, 6) is -8.91. The summed E-state index contributed by atoms with van der Waals surface area (Å²) >= 11 is 0. The molecule has 524 valence electrons. The van der Waals surface area contributed by atoms with Gasteiger partial charge in [0.05, 0.1) is 64.9 Å². The van der Waals surface area contributed by atoms with Crippen LogP contribution in [0.5, 0.6) is 23.0 Å². The summed E-state index contributed by atoms with van der Waals surface area (Å²) in [5.41, 5.74) is 0.314. The number of amides is 1. The molecule has 0 bridgehead atoms. The van der Waals surface area contributed by atoms with E-state index in [1.54, 1.807) is 59.1 Å². The largest absolute Gasteiger partial charge is 0.507 e. The topological polar surface area (TPSA) is 492 Å². The number of aliphatic hydroxyl groups excluding tert-OH is 4. The molecule has 2 heterocycles. The molecule has 1 amide bonds. The summed E-state index contributed by atoms with van der Waals surface area (Å²) < 4.78 is 23.8. The van der Waals surface area contributed by atoms with Crippen LogP contribution in [0.1, 0.15) is 188 Å². The fourth-order valence-corrected chi connectivity index (χ4v) is 13.5. The Morgan fingerprint density at radius 2 is 0.990 bits per heavy atom. The number of fused-ring (bicyclic) bond motifs is 6. The Hall–Kier alpha value is -8.14. The number of hydrogen-bond donors (Lipinski definition) is 15. The van der Waals surface area contributed by atoms with Crippen molar-refractivity contribution >= 4 is 58.1 Å². The first-order valence-corrected chi connectivity index (χ1v) is 31.5. The molecule has 2 aliphatic heterocycles. The third-order valence-corrected chi connectivity index (χ3v) is 18.8. The summed E-state index contributed by atoms with van der Waals surface area (Å²) in [6.07, 6.45) is -9.94. The number of aliphatic carboxylic acids is 1. The number of ether oxygens (including phenoxy) is 4. The van der Waals surface area contributed by atoms with Crippen LogP contribution in [-0.2, 0) is 60.6 Å². The number of carboxylic acid groups (broad SMARTS) is 1. The maximum Gasteiger partial charge on any atom is 0.320 e. The first-order valence-electron chi connectivity index (χ1n) is 31.5. The first-order chi connectivity index (χ1) is 45.6. The molecule has 4 aromatic rings. The van der Waals surface area contributed by atoms with E-state index >= 15 is 0 Å². The lowest BCUT2D eigenvalue weighted by Gasteiger charge is -2.43. The summed E-state index contributed by atoms with van der Waals surface area (Å²) in [6.45, 7) is 7.20. The van der Waals surface area contributed by atoms with Gasteiger partial charge in [0.25, 0.3) is 0 Å². The number of phenolic OH excluding ortho intramolecular Hbond substituents is 4. The van der Waals surface area contributed by atoms with Crippen LogP contribution in [0.4, 0.5) is 0 Å². The number of aromatic hydroxyl groups is 4. The van der Waals surface area contributed by atoms with E-state index in [-0.39, 0.29) is 81.8 Å². The minimum absolute atomic E-state index is 0.0190. The van der Waals surface area contributed by atoms with Gasteiger partial charge in [-0.1, -0.05) is 36.4 Å². The van der Waals surface area contributed by atoms with Crippen molar-refractivity contribution in [3.63, 3.8) is 0 Å². The van der Waals surface area contributed by atoms with Crippen LogP contribution in [0.15, 0.2) is 36.4 Å². The highest BCUT2D eigenvalue weighted by molar-refractivity contribution is 6.32. The van der Waals surface area contributed by atoms with Crippen LogP contribution in [0.25, 0.3) is 0 Å². The maximum absolute atomic E-state index is 13.8. The maximum atomic E-state index is 13.8. The number of carboxylic acids is 1. The minimum Gasteiger partial charge on any atom is -0.507 e. The van der Waals surface area contributed by atoms with Gasteiger partial charge < -0.3 is 106 Å². The van der Waals surface area contributed by atoms with Crippen molar-refractivity contribution in [1.29, 1.82) is 0 Å². The lowest BCUT2D eigenvalue weighted by atomic mass is 9.71. The number of rotatable bonds is 19. The molecule has 0 saturated carbocycles. The summed E-state index contributed by atoms with van der Waals surface area (Å²) in [7, 11) is 3.13. The fourth-order valence-electron chi connectivity index (χ4n) is 13.5. The summed E-state index contributed by atoms with van der Waals surface area (Å²) in [5, 5.41) is 126. The number of likely N-dealkylation sites (N-methyl/N-ethyl adjacent to an activating group) is 2. The lowest BCUT2D eigenvalue weighted by Crippen LogP contribution is -2.58. The molecular weight excluding hydrogens is 1270 g/mol. The second-order valence-electron chi connectivity index (χ2n) is 25.5. The zero-order chi connectivity index (χ0) is 71.8. The van der Waals surface area contributed by atoms with Crippen LogP contribution in [0.2, 0.25) is 0 Å². The van der Waals surface area contributed by atoms with Crippen molar-refractivity contribution in [3.05, 3.63) is 114 Å². The van der Waals surface area contributed by atoms with E-state index in [9.17, 15) is 99.0 Å². The molecule has 0 aromatic heterocycles. The average Bonchev–Trinajstić information content (AvgIpc) is 0.718. The van der Waals surface area contributed by atoms with E-state index in [4.69, 9.17) is 29.8 Å². The standard InChI is InChI=1S/C34H40N2O12.C27H29NO10.C7H13NO3/c1-14-6-5-7-17-24(14)31(43)27-26(29(17)41)30(42)18-11-34(46,22(39)13-37)12-21(25(18)32(27)44)48-23-10-20(28(40)16(3)47-23)36-33(45)19(35-4)9-8-15(2)38;1-10-4-3-5-12-18(10)25(34)21-20(23(12)32)24(33)13-7-27(36,16(30)9-29)8-15(19(13)26(21)35)38-17-6-14(28)22(31)11(2)37-17;1-5(9)3-4-6(8-2)7(10)11/h5-7,16,19-21,23,28,35,37,40,42,44,46H,8-13H2,1-4H3,(H,36,45);3-5,11,14-15,17,22,29,31,33,35-36H,6-9,28H2,1-2H3;6,8H,3-4H2,1-2H3,(H,10,11)/t16?,19?,20?,21-,23?,28?,34-;11?,14?,15-,17?,22?,27-;/m00./s1. The molecule has 14 atom stereocenters. The Bertz CT molecular complexity index is 3840. The number of nitrogens with two attached hydrogens (primary N) is 1. The molecule has 6 aliphatic rings. The molecule has 29 heteroatoms. The predicted octanol–water partition coefficient (Wildman–Crippen LogP) is 0.745. The third kappa shape index (κ3) is 14.7. The number of carbonyl (C=O) groups is 10. The Morgan fingerprint density at radius 1 is 0.598 bits per heavy atom. The molecule has 10 rings (SSSR count). The molecule has 2 saturated heterocycles. The van der Waals surface area contributed by atoms with Crippen molar-refractivity contribution in [2.45, 2.75) is 190 Å². The summed E-state index contributed by atoms with van der Waals surface area (Å²) in [4.78, 5) is 125. The van der Waals surface area contributed by atoms with Crippen molar-refractivity contribution in [2.24, 2.45) is 5.73 Å². The van der Waals surface area contributed by atoms with Crippen LogP contribution in [0.3, 0.4) is 0 Å². The van der Waals surface area contributed by atoms with Gasteiger partial charge in [-0.15, -0.1) is 0 Å². The zero-order valence-electron chi connectivity index (χ0n) is 54.6. The molecule has 10 unspecified atom stereocenters. The number of nitrogens with one attached hydrogen (secondary N) is 3. The number of benzene rings is 4. The summed E-state index contributed by atoms with van der Waals surface area (Å²) in [6, 6.07) is 6.35. The molecule has 16 N–H and O–H groups in total. The number of phenols is 4. The minimum atomic E-state index is -2.31. The lowest BCUT2D eigenvalue weighted by molar-refractivity contribution is -0.249. The highest BCUT2D eigenvalue weighted by atomic mass is 16.7. The van der Waals surface area contributed by atoms with Crippen molar-refractivity contribution in [1.82, 2.24) is 16.0 Å². The van der Waals surface area contributed by atoms with Gasteiger partial charge in [-0.05, 0) is 79.6 Å². The fraction of sp³-hybridized carbons (Fsp3) is 0.500.